The number of nitrogens with zero attached hydrogens (tertiary/aromatic N) is 1. The molecule has 8 nitrogen and oxygen atoms in total. The average molecular weight is 478 g/mol. The van der Waals surface area contributed by atoms with E-state index in [0.29, 0.717) is 46.3 Å². The molecule has 4 atom stereocenters. The Morgan fingerprint density at radius 1 is 0.971 bits per heavy atom. The summed E-state index contributed by atoms with van der Waals surface area (Å²) in [5.41, 5.74) is 2.90. The molecule has 2 fully saturated rings. The minimum absolute atomic E-state index is 0.0403. The Morgan fingerprint density at radius 3 is 2.49 bits per heavy atom. The second-order valence-corrected chi connectivity index (χ2v) is 8.79. The molecule has 2 aliphatic rings. The lowest BCUT2D eigenvalue weighted by Gasteiger charge is -2.30. The number of halogens is 1. The van der Waals surface area contributed by atoms with Gasteiger partial charge in [-0.05, 0) is 35.7 Å². The van der Waals surface area contributed by atoms with Crippen LogP contribution in [-0.2, 0) is 9.47 Å². The Hall–Kier alpha value is -3.66. The number of aromatic hydroxyl groups is 2. The number of phenolic OH excluding ortho intramolecular Hbond substituents is 2. The van der Waals surface area contributed by atoms with Crippen molar-refractivity contribution >= 4 is 11.0 Å². The van der Waals surface area contributed by atoms with Gasteiger partial charge in [0, 0.05) is 18.2 Å². The van der Waals surface area contributed by atoms with Crippen LogP contribution < -0.4 is 4.74 Å². The van der Waals surface area contributed by atoms with Gasteiger partial charge in [-0.15, -0.1) is 0 Å². The Balaban J connectivity index is 1.26. The van der Waals surface area contributed by atoms with E-state index >= 15 is 0 Å². The van der Waals surface area contributed by atoms with Gasteiger partial charge in [-0.25, -0.2) is 4.39 Å². The largest absolute Gasteiger partial charge is 0.507 e. The zero-order chi connectivity index (χ0) is 24.1. The molecule has 2 aliphatic heterocycles. The number of aromatic amines is 1. The fourth-order valence-electron chi connectivity index (χ4n) is 4.80. The SMILES string of the molecule is Oc1cccc(O)c1-c1ccc(-c2cc3nc(O[C@@H]4CO[C@H]5[C@@H]4OCC[C@H]5O)[nH]c3cc2F)cc1. The quantitative estimate of drug-likeness (QED) is 0.353. The maximum Gasteiger partial charge on any atom is 0.295 e. The number of nitrogens with one attached hydrogen (secondary N) is 1. The van der Waals surface area contributed by atoms with Gasteiger partial charge >= 0.3 is 0 Å². The van der Waals surface area contributed by atoms with Gasteiger partial charge in [-0.2, -0.15) is 4.98 Å². The van der Waals surface area contributed by atoms with Gasteiger partial charge in [-0.1, -0.05) is 30.3 Å². The molecular weight excluding hydrogens is 455 g/mol. The molecule has 0 spiro atoms. The van der Waals surface area contributed by atoms with E-state index in [1.54, 1.807) is 36.4 Å². The topological polar surface area (TPSA) is 117 Å². The molecule has 3 aromatic carbocycles. The average Bonchev–Trinajstić information content (AvgIpc) is 3.43. The minimum atomic E-state index is -0.587. The van der Waals surface area contributed by atoms with E-state index in [-0.39, 0.29) is 30.2 Å². The zero-order valence-electron chi connectivity index (χ0n) is 18.5. The van der Waals surface area contributed by atoms with Crippen LogP contribution in [0.25, 0.3) is 33.3 Å². The molecule has 2 saturated heterocycles. The molecule has 4 aromatic rings. The Labute approximate surface area is 199 Å². The normalized spacial score (nSPS) is 23.9. The van der Waals surface area contributed by atoms with Crippen molar-refractivity contribution in [2.75, 3.05) is 13.2 Å². The number of ether oxygens (including phenoxy) is 3. The van der Waals surface area contributed by atoms with Crippen LogP contribution >= 0.6 is 0 Å². The van der Waals surface area contributed by atoms with Crippen molar-refractivity contribution in [2.45, 2.75) is 30.8 Å². The number of aliphatic hydroxyl groups is 1. The van der Waals surface area contributed by atoms with Crippen LogP contribution in [0.5, 0.6) is 17.5 Å². The van der Waals surface area contributed by atoms with Crippen LogP contribution in [-0.4, -0.2) is 62.9 Å². The monoisotopic (exact) mass is 478 g/mol. The van der Waals surface area contributed by atoms with Crippen LogP contribution in [0.2, 0.25) is 0 Å². The maximum atomic E-state index is 15.0. The summed E-state index contributed by atoms with van der Waals surface area (Å²) in [7, 11) is 0. The van der Waals surface area contributed by atoms with Crippen molar-refractivity contribution in [3.63, 3.8) is 0 Å². The van der Waals surface area contributed by atoms with E-state index in [4.69, 9.17) is 14.2 Å². The number of phenols is 2. The van der Waals surface area contributed by atoms with E-state index < -0.39 is 24.1 Å². The van der Waals surface area contributed by atoms with Crippen LogP contribution in [0.3, 0.4) is 0 Å². The number of imidazole rings is 1. The molecule has 4 N–H and O–H groups in total. The third-order valence-corrected chi connectivity index (χ3v) is 6.56. The number of hydrogen-bond acceptors (Lipinski definition) is 7. The summed E-state index contributed by atoms with van der Waals surface area (Å²) < 4.78 is 32.3. The van der Waals surface area contributed by atoms with Gasteiger partial charge in [0.15, 0.2) is 6.10 Å². The molecule has 0 unspecified atom stereocenters. The highest BCUT2D eigenvalue weighted by Gasteiger charge is 2.46. The van der Waals surface area contributed by atoms with Gasteiger partial charge in [0.05, 0.1) is 29.3 Å². The fourth-order valence-corrected chi connectivity index (χ4v) is 4.80. The Bertz CT molecular complexity index is 1370. The summed E-state index contributed by atoms with van der Waals surface area (Å²) in [4.78, 5) is 7.45. The second-order valence-electron chi connectivity index (χ2n) is 8.79. The van der Waals surface area contributed by atoms with Crippen molar-refractivity contribution in [3.8, 4) is 39.8 Å². The summed E-state index contributed by atoms with van der Waals surface area (Å²) >= 11 is 0. The smallest absolute Gasteiger partial charge is 0.295 e. The summed E-state index contributed by atoms with van der Waals surface area (Å²) in [6, 6.07) is 14.6. The van der Waals surface area contributed by atoms with Gasteiger partial charge in [0.1, 0.15) is 29.5 Å². The molecule has 3 heterocycles. The second kappa shape index (κ2) is 8.53. The molecule has 0 bridgehead atoms. The van der Waals surface area contributed by atoms with Gasteiger partial charge in [0.2, 0.25) is 0 Å². The molecule has 0 saturated carbocycles. The number of fused-ring (bicyclic) bond motifs is 2. The first-order valence-electron chi connectivity index (χ1n) is 11.4. The number of aliphatic hydroxyl groups excluding tert-OH is 1. The van der Waals surface area contributed by atoms with Crippen molar-refractivity contribution in [1.82, 2.24) is 9.97 Å². The van der Waals surface area contributed by atoms with E-state index in [9.17, 15) is 19.7 Å². The number of rotatable bonds is 4. The van der Waals surface area contributed by atoms with Crippen LogP contribution in [0.15, 0.2) is 54.6 Å². The molecule has 180 valence electrons. The summed E-state index contributed by atoms with van der Waals surface area (Å²) in [6.07, 6.45) is -1.31. The summed E-state index contributed by atoms with van der Waals surface area (Å²) in [5.74, 6) is -0.517. The van der Waals surface area contributed by atoms with E-state index in [1.807, 2.05) is 0 Å². The van der Waals surface area contributed by atoms with Crippen molar-refractivity contribution in [2.24, 2.45) is 0 Å². The number of hydrogen-bond donors (Lipinski definition) is 4. The lowest BCUT2D eigenvalue weighted by Crippen LogP contribution is -2.47. The number of H-pyrrole nitrogens is 1. The lowest BCUT2D eigenvalue weighted by atomic mass is 9.98. The standard InChI is InChI=1S/C26H23FN2O6/c27-16-11-18-17(28-26(29-18)35-22-12-34-24-21(32)8-9-33-25(22)24)10-15(16)13-4-6-14(7-5-13)23-19(30)2-1-3-20(23)31/h1-7,10-11,21-22,24-25,30-32H,8-9,12H2,(H,28,29)/t21-,22-,24-,25-/m1/s1. The maximum absolute atomic E-state index is 15.0. The first-order chi connectivity index (χ1) is 17.0. The van der Waals surface area contributed by atoms with E-state index in [1.165, 1.54) is 18.2 Å². The van der Waals surface area contributed by atoms with Crippen LogP contribution in [0.4, 0.5) is 4.39 Å². The first kappa shape index (κ1) is 21.8. The molecule has 0 amide bonds. The molecule has 1 aromatic heterocycles. The van der Waals surface area contributed by atoms with Crippen molar-refractivity contribution in [1.29, 1.82) is 0 Å². The van der Waals surface area contributed by atoms with Crippen LogP contribution in [0, 0.1) is 5.82 Å². The molecular formula is C26H23FN2O6. The Morgan fingerprint density at radius 2 is 1.71 bits per heavy atom. The molecule has 9 heteroatoms. The van der Waals surface area contributed by atoms with Gasteiger partial charge in [-0.3, -0.25) is 0 Å². The van der Waals surface area contributed by atoms with E-state index in [2.05, 4.69) is 9.97 Å². The zero-order valence-corrected chi connectivity index (χ0v) is 18.5. The third-order valence-electron chi connectivity index (χ3n) is 6.56. The number of benzene rings is 3. The van der Waals surface area contributed by atoms with E-state index in [0.717, 1.165) is 0 Å². The summed E-state index contributed by atoms with van der Waals surface area (Å²) in [5, 5.41) is 30.3. The highest BCUT2D eigenvalue weighted by atomic mass is 19.1. The molecule has 0 radical (unpaired) electrons. The molecule has 6 rings (SSSR count). The van der Waals surface area contributed by atoms with Gasteiger partial charge < -0.3 is 34.5 Å². The fraction of sp³-hybridized carbons (Fsp3) is 0.269. The molecule has 0 aliphatic carbocycles. The molecule has 35 heavy (non-hydrogen) atoms. The highest BCUT2D eigenvalue weighted by molar-refractivity contribution is 5.84. The Kier molecular flexibility index (Phi) is 5.32. The minimum Gasteiger partial charge on any atom is -0.507 e. The van der Waals surface area contributed by atoms with Gasteiger partial charge in [0.25, 0.3) is 6.01 Å². The first-order valence-corrected chi connectivity index (χ1v) is 11.4. The predicted molar refractivity (Wildman–Crippen MR) is 125 cm³/mol. The lowest BCUT2D eigenvalue weighted by molar-refractivity contribution is -0.124. The predicted octanol–water partition coefficient (Wildman–Crippen LogP) is 3.74. The number of aromatic nitrogens is 2. The highest BCUT2D eigenvalue weighted by Crippen LogP contribution is 2.38. The van der Waals surface area contributed by atoms with Crippen LogP contribution in [0.1, 0.15) is 6.42 Å². The van der Waals surface area contributed by atoms with Crippen molar-refractivity contribution < 1.29 is 33.9 Å². The third kappa shape index (κ3) is 3.87. The summed E-state index contributed by atoms with van der Waals surface area (Å²) in [6.45, 7) is 0.699. The van der Waals surface area contributed by atoms with Crippen molar-refractivity contribution in [3.05, 3.63) is 60.4 Å².